The number of aryl methyl sites for hydroxylation is 1. The Bertz CT molecular complexity index is 859. The van der Waals surface area contributed by atoms with Gasteiger partial charge in [-0.1, -0.05) is 13.0 Å². The molecule has 2 aromatic rings. The summed E-state index contributed by atoms with van der Waals surface area (Å²) in [5.41, 5.74) is 0.839. The molecule has 0 saturated carbocycles. The maximum absolute atomic E-state index is 12.6. The number of nitrogens with zero attached hydrogens (tertiary/aromatic N) is 2. The Morgan fingerprint density at radius 3 is 2.76 bits per heavy atom. The highest BCUT2D eigenvalue weighted by Gasteiger charge is 2.32. The molecule has 10 heteroatoms. The third-order valence-corrected chi connectivity index (χ3v) is 4.26. The van der Waals surface area contributed by atoms with Gasteiger partial charge in [0.1, 0.15) is 18.2 Å². The molecule has 2 heterocycles. The van der Waals surface area contributed by atoms with Crippen LogP contribution in [-0.2, 0) is 9.53 Å². The number of halogens is 3. The second-order valence-corrected chi connectivity index (χ2v) is 6.34. The summed E-state index contributed by atoms with van der Waals surface area (Å²) >= 11 is 0. The van der Waals surface area contributed by atoms with Crippen molar-refractivity contribution in [3.8, 4) is 17.4 Å². The second kappa shape index (κ2) is 8.66. The minimum Gasteiger partial charge on any atom is -0.439 e. The highest BCUT2D eigenvalue weighted by atomic mass is 19.4. The van der Waals surface area contributed by atoms with Gasteiger partial charge in [-0.3, -0.25) is 15.0 Å². The first-order chi connectivity index (χ1) is 13.8. The zero-order chi connectivity index (χ0) is 21.0. The Hall–Kier alpha value is -2.85. The number of nitrogens with one attached hydrogen (secondary N) is 1. The van der Waals surface area contributed by atoms with E-state index >= 15 is 0 Å². The number of anilines is 1. The number of ether oxygens (including phenoxy) is 3. The molecule has 1 aliphatic heterocycles. The number of amides is 1. The highest BCUT2D eigenvalue weighted by Crippen LogP contribution is 2.31. The number of aromatic nitrogens is 1. The van der Waals surface area contributed by atoms with Gasteiger partial charge in [-0.05, 0) is 31.0 Å². The molecule has 0 radical (unpaired) electrons. The summed E-state index contributed by atoms with van der Waals surface area (Å²) in [6.07, 6.45) is -2.74. The number of pyridine rings is 1. The molecule has 0 bridgehead atoms. The predicted octanol–water partition coefficient (Wildman–Crippen LogP) is 3.73. The lowest BCUT2D eigenvalue weighted by Crippen LogP contribution is -2.43. The standard InChI is InChI=1S/C19H20F3N3O4/c1-3-15-18(26)25(11-27-10-24-15)13-5-7-17(23-9-13)28-14-6-4-12(2)16(8-14)29-19(20,21)22/h4-9,15,24H,3,10-11H2,1-2H3/t15-/m1/s1. The Kier molecular flexibility index (Phi) is 6.23. The van der Waals surface area contributed by atoms with E-state index in [0.717, 1.165) is 6.07 Å². The maximum Gasteiger partial charge on any atom is 0.573 e. The smallest absolute Gasteiger partial charge is 0.439 e. The zero-order valence-electron chi connectivity index (χ0n) is 15.8. The van der Waals surface area contributed by atoms with Crippen LogP contribution in [0.3, 0.4) is 0 Å². The van der Waals surface area contributed by atoms with E-state index < -0.39 is 6.36 Å². The average Bonchev–Trinajstić information content (AvgIpc) is 2.85. The molecule has 29 heavy (non-hydrogen) atoms. The molecular formula is C19H20F3N3O4. The van der Waals surface area contributed by atoms with Gasteiger partial charge >= 0.3 is 6.36 Å². The lowest BCUT2D eigenvalue weighted by molar-refractivity contribution is -0.274. The molecule has 1 aromatic carbocycles. The molecule has 1 amide bonds. The van der Waals surface area contributed by atoms with Crippen LogP contribution in [-0.4, -0.2) is 36.8 Å². The molecule has 1 atom stereocenters. The minimum absolute atomic E-state index is 0.0837. The summed E-state index contributed by atoms with van der Waals surface area (Å²) in [5.74, 6) is -0.187. The fourth-order valence-corrected chi connectivity index (χ4v) is 2.75. The van der Waals surface area contributed by atoms with Crippen molar-refractivity contribution in [3.63, 3.8) is 0 Å². The van der Waals surface area contributed by atoms with Gasteiger partial charge < -0.3 is 14.2 Å². The van der Waals surface area contributed by atoms with E-state index in [-0.39, 0.29) is 42.8 Å². The molecule has 1 N–H and O–H groups in total. The summed E-state index contributed by atoms with van der Waals surface area (Å²) in [6.45, 7) is 3.74. The van der Waals surface area contributed by atoms with Crippen LogP contribution in [0.4, 0.5) is 18.9 Å². The number of carbonyl (C=O) groups is 1. The number of benzene rings is 1. The van der Waals surface area contributed by atoms with Crippen molar-refractivity contribution in [2.45, 2.75) is 32.7 Å². The molecule has 0 spiro atoms. The first-order valence-corrected chi connectivity index (χ1v) is 8.89. The van der Waals surface area contributed by atoms with Crippen LogP contribution in [0, 0.1) is 6.92 Å². The van der Waals surface area contributed by atoms with Gasteiger partial charge in [0.05, 0.1) is 24.7 Å². The summed E-state index contributed by atoms with van der Waals surface area (Å²) in [7, 11) is 0. The van der Waals surface area contributed by atoms with Gasteiger partial charge in [0.15, 0.2) is 0 Å². The topological polar surface area (TPSA) is 72.9 Å². The number of carbonyl (C=O) groups excluding carboxylic acids is 1. The molecule has 1 saturated heterocycles. The number of alkyl halides is 3. The van der Waals surface area contributed by atoms with Crippen LogP contribution in [0.2, 0.25) is 0 Å². The van der Waals surface area contributed by atoms with Crippen LogP contribution in [0.25, 0.3) is 0 Å². The molecule has 3 rings (SSSR count). The molecule has 1 aromatic heterocycles. The third-order valence-electron chi connectivity index (χ3n) is 4.26. The quantitative estimate of drug-likeness (QED) is 0.809. The van der Waals surface area contributed by atoms with Crippen LogP contribution < -0.4 is 19.7 Å². The van der Waals surface area contributed by atoms with Crippen molar-refractivity contribution >= 4 is 11.6 Å². The van der Waals surface area contributed by atoms with Crippen molar-refractivity contribution < 1.29 is 32.2 Å². The minimum atomic E-state index is -4.80. The fourth-order valence-electron chi connectivity index (χ4n) is 2.75. The fraction of sp³-hybridized carbons (Fsp3) is 0.368. The summed E-state index contributed by atoms with van der Waals surface area (Å²) in [5, 5.41) is 3.00. The van der Waals surface area contributed by atoms with E-state index in [2.05, 4.69) is 15.0 Å². The van der Waals surface area contributed by atoms with E-state index in [9.17, 15) is 18.0 Å². The zero-order valence-corrected chi connectivity index (χ0v) is 15.8. The van der Waals surface area contributed by atoms with Crippen LogP contribution in [0.1, 0.15) is 18.9 Å². The Balaban J connectivity index is 1.74. The monoisotopic (exact) mass is 411 g/mol. The maximum atomic E-state index is 12.6. The van der Waals surface area contributed by atoms with Gasteiger partial charge in [-0.25, -0.2) is 4.98 Å². The van der Waals surface area contributed by atoms with Crippen molar-refractivity contribution in [1.82, 2.24) is 10.3 Å². The van der Waals surface area contributed by atoms with Gasteiger partial charge in [-0.2, -0.15) is 0 Å². The van der Waals surface area contributed by atoms with Crippen LogP contribution >= 0.6 is 0 Å². The van der Waals surface area contributed by atoms with Crippen LogP contribution in [0.5, 0.6) is 17.4 Å². The van der Waals surface area contributed by atoms with E-state index in [0.29, 0.717) is 17.7 Å². The molecule has 1 aliphatic rings. The molecule has 0 aliphatic carbocycles. The van der Waals surface area contributed by atoms with E-state index in [1.807, 2.05) is 6.92 Å². The molecule has 1 fully saturated rings. The average molecular weight is 411 g/mol. The summed E-state index contributed by atoms with van der Waals surface area (Å²) in [4.78, 5) is 18.2. The molecule has 0 unspecified atom stereocenters. The van der Waals surface area contributed by atoms with E-state index in [1.54, 1.807) is 6.07 Å². The largest absolute Gasteiger partial charge is 0.573 e. The first-order valence-electron chi connectivity index (χ1n) is 8.89. The highest BCUT2D eigenvalue weighted by molar-refractivity contribution is 5.97. The molecular weight excluding hydrogens is 391 g/mol. The third kappa shape index (κ3) is 5.36. The predicted molar refractivity (Wildman–Crippen MR) is 97.7 cm³/mol. The van der Waals surface area contributed by atoms with Crippen molar-refractivity contribution in [2.75, 3.05) is 18.4 Å². The van der Waals surface area contributed by atoms with Gasteiger partial charge in [0, 0.05) is 12.1 Å². The van der Waals surface area contributed by atoms with Gasteiger partial charge in [0.25, 0.3) is 0 Å². The lowest BCUT2D eigenvalue weighted by atomic mass is 10.2. The van der Waals surface area contributed by atoms with Crippen molar-refractivity contribution in [3.05, 3.63) is 42.1 Å². The Labute approximate surface area is 165 Å². The number of hydrogen-bond acceptors (Lipinski definition) is 6. The SMILES string of the molecule is CC[C@H]1NCOCN(c2ccc(Oc3ccc(C)c(OC(F)(F)F)c3)nc2)C1=O. The normalized spacial score (nSPS) is 17.8. The summed E-state index contributed by atoms with van der Waals surface area (Å²) < 4.78 is 52.4. The van der Waals surface area contributed by atoms with E-state index in [1.165, 1.54) is 36.2 Å². The van der Waals surface area contributed by atoms with Crippen molar-refractivity contribution in [1.29, 1.82) is 0 Å². The van der Waals surface area contributed by atoms with Gasteiger partial charge in [-0.15, -0.1) is 13.2 Å². The van der Waals surface area contributed by atoms with Crippen molar-refractivity contribution in [2.24, 2.45) is 0 Å². The number of rotatable bonds is 5. The molecule has 7 nitrogen and oxygen atoms in total. The van der Waals surface area contributed by atoms with Gasteiger partial charge in [0.2, 0.25) is 11.8 Å². The summed E-state index contributed by atoms with van der Waals surface area (Å²) in [6, 6.07) is 6.90. The van der Waals surface area contributed by atoms with Crippen LogP contribution in [0.15, 0.2) is 36.5 Å². The second-order valence-electron chi connectivity index (χ2n) is 6.34. The Morgan fingerprint density at radius 1 is 1.31 bits per heavy atom. The van der Waals surface area contributed by atoms with E-state index in [4.69, 9.17) is 9.47 Å². The Morgan fingerprint density at radius 2 is 2.10 bits per heavy atom. The lowest BCUT2D eigenvalue weighted by Gasteiger charge is -2.22. The molecule has 156 valence electrons. The number of hydrogen-bond donors (Lipinski definition) is 1. The first kappa shape index (κ1) is 20.9.